The van der Waals surface area contributed by atoms with Gasteiger partial charge >= 0.3 is 0 Å². The average molecular weight is 159 g/mol. The molecule has 0 aliphatic carbocycles. The molecule has 5 heteroatoms. The lowest BCUT2D eigenvalue weighted by molar-refractivity contribution is -0.109. The maximum Gasteiger partial charge on any atom is 0.227 e. The van der Waals surface area contributed by atoms with Crippen LogP contribution in [0, 0.1) is 0 Å². The minimum absolute atomic E-state index is 0.175. The summed E-state index contributed by atoms with van der Waals surface area (Å²) in [5, 5.41) is 12.3. The van der Waals surface area contributed by atoms with E-state index in [1.807, 2.05) is 6.92 Å². The van der Waals surface area contributed by atoms with Crippen molar-refractivity contribution in [2.24, 2.45) is 5.10 Å². The highest BCUT2D eigenvalue weighted by molar-refractivity contribution is 5.83. The van der Waals surface area contributed by atoms with Crippen LogP contribution >= 0.6 is 0 Å². The molecule has 0 rings (SSSR count). The van der Waals surface area contributed by atoms with Crippen molar-refractivity contribution in [1.82, 2.24) is 10.3 Å². The number of hydrogen-bond acceptors (Lipinski definition) is 3. The number of rotatable bonds is 4. The van der Waals surface area contributed by atoms with Crippen molar-refractivity contribution in [2.45, 2.75) is 6.92 Å². The maximum absolute atomic E-state index is 9.82. The van der Waals surface area contributed by atoms with Crippen molar-refractivity contribution in [3.63, 3.8) is 0 Å². The predicted octanol–water partition coefficient (Wildman–Crippen LogP) is -1.01. The van der Waals surface area contributed by atoms with Gasteiger partial charge in [0.15, 0.2) is 5.84 Å². The Balaban J connectivity index is 4.01. The van der Waals surface area contributed by atoms with E-state index in [-0.39, 0.29) is 6.61 Å². The maximum atomic E-state index is 9.82. The Morgan fingerprint density at radius 1 is 1.82 bits per heavy atom. The molecular weight excluding hydrogens is 146 g/mol. The van der Waals surface area contributed by atoms with E-state index in [9.17, 15) is 4.79 Å². The SMILES string of the molecule is CCN(C)/C(CO)=N\NC=O. The van der Waals surface area contributed by atoms with Crippen LogP contribution in [0.1, 0.15) is 6.92 Å². The largest absolute Gasteiger partial charge is 0.388 e. The van der Waals surface area contributed by atoms with Crippen molar-refractivity contribution >= 4 is 12.2 Å². The van der Waals surface area contributed by atoms with Crippen LogP contribution in [0.15, 0.2) is 5.10 Å². The number of aliphatic hydroxyl groups is 1. The highest BCUT2D eigenvalue weighted by Crippen LogP contribution is 1.84. The molecule has 0 saturated carbocycles. The van der Waals surface area contributed by atoms with Gasteiger partial charge in [0.1, 0.15) is 6.61 Å². The Morgan fingerprint density at radius 2 is 2.45 bits per heavy atom. The number of hydrogen-bond donors (Lipinski definition) is 2. The molecule has 11 heavy (non-hydrogen) atoms. The van der Waals surface area contributed by atoms with Crippen LogP contribution in [-0.4, -0.2) is 42.5 Å². The third kappa shape index (κ3) is 3.57. The minimum Gasteiger partial charge on any atom is -0.388 e. The molecule has 2 N–H and O–H groups in total. The van der Waals surface area contributed by atoms with Crippen LogP contribution < -0.4 is 5.43 Å². The van der Waals surface area contributed by atoms with Crippen LogP contribution in [0.4, 0.5) is 0 Å². The first kappa shape index (κ1) is 9.90. The van der Waals surface area contributed by atoms with E-state index in [2.05, 4.69) is 10.5 Å². The lowest BCUT2D eigenvalue weighted by Crippen LogP contribution is -2.31. The molecule has 0 aliphatic rings. The zero-order valence-corrected chi connectivity index (χ0v) is 6.74. The standard InChI is InChI=1S/C6H13N3O2/c1-3-9(2)6(4-10)8-7-5-11/h5,10H,3-4H2,1-2H3,(H,7,11)/b8-6-. The van der Waals surface area contributed by atoms with Crippen molar-refractivity contribution in [3.05, 3.63) is 0 Å². The van der Waals surface area contributed by atoms with Gasteiger partial charge in [-0.25, -0.2) is 5.43 Å². The first-order valence-corrected chi connectivity index (χ1v) is 3.34. The number of carbonyl (C=O) groups is 1. The van der Waals surface area contributed by atoms with E-state index in [0.717, 1.165) is 6.54 Å². The molecule has 0 aliphatic heterocycles. The van der Waals surface area contributed by atoms with Gasteiger partial charge in [-0.3, -0.25) is 4.79 Å². The second-order valence-electron chi connectivity index (χ2n) is 1.95. The molecule has 0 aromatic rings. The van der Waals surface area contributed by atoms with Crippen LogP contribution in [0.3, 0.4) is 0 Å². The molecule has 0 heterocycles. The van der Waals surface area contributed by atoms with E-state index < -0.39 is 0 Å². The Hall–Kier alpha value is -1.10. The van der Waals surface area contributed by atoms with Crippen molar-refractivity contribution in [1.29, 1.82) is 0 Å². The van der Waals surface area contributed by atoms with Gasteiger partial charge in [0.05, 0.1) is 0 Å². The fourth-order valence-corrected chi connectivity index (χ4v) is 0.525. The average Bonchev–Trinajstić information content (AvgIpc) is 2.05. The highest BCUT2D eigenvalue weighted by Gasteiger charge is 2.00. The van der Waals surface area contributed by atoms with Gasteiger partial charge in [-0.15, -0.1) is 0 Å². The summed E-state index contributed by atoms with van der Waals surface area (Å²) in [6, 6.07) is 0. The Bertz CT molecular complexity index is 147. The monoisotopic (exact) mass is 159 g/mol. The number of carbonyl (C=O) groups excluding carboxylic acids is 1. The van der Waals surface area contributed by atoms with Crippen molar-refractivity contribution in [3.8, 4) is 0 Å². The number of nitrogens with zero attached hydrogens (tertiary/aromatic N) is 2. The molecule has 0 atom stereocenters. The summed E-state index contributed by atoms with van der Waals surface area (Å²) >= 11 is 0. The Kier molecular flexibility index (Phi) is 5.10. The summed E-state index contributed by atoms with van der Waals surface area (Å²) in [5.74, 6) is 0.444. The van der Waals surface area contributed by atoms with Gasteiger partial charge in [0.2, 0.25) is 6.41 Å². The van der Waals surface area contributed by atoms with Crippen LogP contribution in [0.5, 0.6) is 0 Å². The molecule has 0 bridgehead atoms. The van der Waals surface area contributed by atoms with Crippen LogP contribution in [0.2, 0.25) is 0 Å². The summed E-state index contributed by atoms with van der Waals surface area (Å²) in [6.07, 6.45) is 0.458. The molecular formula is C6H13N3O2. The zero-order valence-electron chi connectivity index (χ0n) is 6.74. The van der Waals surface area contributed by atoms with Crippen LogP contribution in [-0.2, 0) is 4.79 Å². The first-order chi connectivity index (χ1) is 5.26. The molecule has 0 fully saturated rings. The number of amides is 1. The third-order valence-electron chi connectivity index (χ3n) is 1.30. The number of nitrogens with one attached hydrogen (secondary N) is 1. The van der Waals surface area contributed by atoms with Gasteiger partial charge in [-0.05, 0) is 6.92 Å². The Morgan fingerprint density at radius 3 is 2.82 bits per heavy atom. The molecule has 0 unspecified atom stereocenters. The van der Waals surface area contributed by atoms with E-state index in [4.69, 9.17) is 5.11 Å². The molecule has 0 saturated heterocycles. The summed E-state index contributed by atoms with van der Waals surface area (Å²) in [7, 11) is 1.78. The van der Waals surface area contributed by atoms with Gasteiger partial charge in [0, 0.05) is 13.6 Å². The number of likely N-dealkylation sites (N-methyl/N-ethyl adjacent to an activating group) is 1. The molecule has 0 radical (unpaired) electrons. The lowest BCUT2D eigenvalue weighted by Gasteiger charge is -2.16. The van der Waals surface area contributed by atoms with Gasteiger partial charge in [0.25, 0.3) is 0 Å². The summed E-state index contributed by atoms with van der Waals surface area (Å²) in [5.41, 5.74) is 2.12. The van der Waals surface area contributed by atoms with E-state index in [1.165, 1.54) is 0 Å². The summed E-state index contributed by atoms with van der Waals surface area (Å²) in [4.78, 5) is 11.6. The van der Waals surface area contributed by atoms with E-state index >= 15 is 0 Å². The predicted molar refractivity (Wildman–Crippen MR) is 42.0 cm³/mol. The zero-order chi connectivity index (χ0) is 8.69. The highest BCUT2D eigenvalue weighted by atomic mass is 16.3. The second-order valence-corrected chi connectivity index (χ2v) is 1.95. The third-order valence-corrected chi connectivity index (χ3v) is 1.30. The van der Waals surface area contributed by atoms with Gasteiger partial charge < -0.3 is 10.0 Å². The molecule has 5 nitrogen and oxygen atoms in total. The van der Waals surface area contributed by atoms with Crippen molar-refractivity contribution < 1.29 is 9.90 Å². The lowest BCUT2D eigenvalue weighted by atomic mass is 10.5. The topological polar surface area (TPSA) is 64.9 Å². The van der Waals surface area contributed by atoms with E-state index in [1.54, 1.807) is 11.9 Å². The summed E-state index contributed by atoms with van der Waals surface area (Å²) in [6.45, 7) is 2.48. The normalized spacial score (nSPS) is 11.0. The van der Waals surface area contributed by atoms with Gasteiger partial charge in [-0.1, -0.05) is 0 Å². The summed E-state index contributed by atoms with van der Waals surface area (Å²) < 4.78 is 0. The van der Waals surface area contributed by atoms with E-state index in [0.29, 0.717) is 12.2 Å². The number of aliphatic hydroxyl groups excluding tert-OH is 1. The molecule has 64 valence electrons. The second kappa shape index (κ2) is 5.67. The quantitative estimate of drug-likeness (QED) is 0.239. The number of amidine groups is 1. The molecule has 0 aromatic heterocycles. The smallest absolute Gasteiger partial charge is 0.227 e. The first-order valence-electron chi connectivity index (χ1n) is 3.34. The minimum atomic E-state index is -0.175. The Labute approximate surface area is 65.7 Å². The molecule has 1 amide bonds. The van der Waals surface area contributed by atoms with Crippen LogP contribution in [0.25, 0.3) is 0 Å². The molecule has 0 spiro atoms. The molecule has 0 aromatic carbocycles. The fourth-order valence-electron chi connectivity index (χ4n) is 0.525. The van der Waals surface area contributed by atoms with Crippen molar-refractivity contribution in [2.75, 3.05) is 20.2 Å². The fraction of sp³-hybridized carbons (Fsp3) is 0.667. The number of hydrazone groups is 1. The van der Waals surface area contributed by atoms with Gasteiger partial charge in [-0.2, -0.15) is 5.10 Å².